The van der Waals surface area contributed by atoms with Gasteiger partial charge in [0.05, 0.1) is 49.8 Å². The molecule has 8 nitrogen and oxygen atoms in total. The second-order valence-electron chi connectivity index (χ2n) is 8.48. The van der Waals surface area contributed by atoms with Gasteiger partial charge < -0.3 is 14.8 Å². The maximum Gasteiger partial charge on any atom is 0.216 e. The van der Waals surface area contributed by atoms with Crippen LogP contribution in [0.4, 0.5) is 0 Å². The van der Waals surface area contributed by atoms with Crippen LogP contribution in [0.15, 0.2) is 24.7 Å². The molecular formula is C23H30N6O2. The number of rotatable bonds is 5. The molecule has 0 bridgehead atoms. The Kier molecular flexibility index (Phi) is 5.74. The molecule has 0 spiro atoms. The molecule has 1 fully saturated rings. The fourth-order valence-corrected chi connectivity index (χ4v) is 4.70. The largest absolute Gasteiger partial charge is 0.481 e. The Hall–Kier alpha value is -2.71. The number of piperidine rings is 1. The van der Waals surface area contributed by atoms with E-state index in [9.17, 15) is 0 Å². The third-order valence-electron chi connectivity index (χ3n) is 6.27. The van der Waals surface area contributed by atoms with Crippen LogP contribution in [0.2, 0.25) is 0 Å². The molecule has 2 aliphatic rings. The smallest absolute Gasteiger partial charge is 0.216 e. The van der Waals surface area contributed by atoms with Crippen molar-refractivity contribution in [3.05, 3.63) is 41.5 Å². The summed E-state index contributed by atoms with van der Waals surface area (Å²) in [5.74, 6) is 1.28. The van der Waals surface area contributed by atoms with E-state index in [-0.39, 0.29) is 0 Å². The molecule has 5 rings (SSSR count). The van der Waals surface area contributed by atoms with Gasteiger partial charge in [0.1, 0.15) is 0 Å². The molecule has 1 saturated heterocycles. The molecule has 31 heavy (non-hydrogen) atoms. The van der Waals surface area contributed by atoms with Crippen LogP contribution < -0.4 is 10.1 Å². The molecule has 0 aromatic carbocycles. The minimum absolute atomic E-state index is 0.637. The van der Waals surface area contributed by atoms with Crippen LogP contribution in [0, 0.1) is 12.8 Å². The van der Waals surface area contributed by atoms with Crippen molar-refractivity contribution in [2.45, 2.75) is 39.2 Å². The number of aromatic nitrogens is 5. The summed E-state index contributed by atoms with van der Waals surface area (Å²) in [5.41, 5.74) is 6.46. The van der Waals surface area contributed by atoms with Crippen LogP contribution in [0.3, 0.4) is 0 Å². The molecule has 1 N–H and O–H groups in total. The van der Waals surface area contributed by atoms with Crippen molar-refractivity contribution in [3.8, 4) is 22.8 Å². The topological polar surface area (TPSA) is 79.0 Å². The van der Waals surface area contributed by atoms with Gasteiger partial charge >= 0.3 is 0 Å². The lowest BCUT2D eigenvalue weighted by molar-refractivity contribution is 0.145. The minimum Gasteiger partial charge on any atom is -0.481 e. The quantitative estimate of drug-likeness (QED) is 0.681. The summed E-state index contributed by atoms with van der Waals surface area (Å²) in [6.07, 6.45) is 10.1. The highest BCUT2D eigenvalue weighted by Crippen LogP contribution is 2.30. The third-order valence-corrected chi connectivity index (χ3v) is 6.27. The summed E-state index contributed by atoms with van der Waals surface area (Å²) >= 11 is 0. The van der Waals surface area contributed by atoms with E-state index in [0.29, 0.717) is 25.0 Å². The second-order valence-corrected chi connectivity index (χ2v) is 8.48. The Morgan fingerprint density at radius 2 is 2.16 bits per heavy atom. The zero-order valence-corrected chi connectivity index (χ0v) is 18.3. The van der Waals surface area contributed by atoms with Gasteiger partial charge in [-0.25, -0.2) is 9.67 Å². The van der Waals surface area contributed by atoms with E-state index < -0.39 is 0 Å². The first-order chi connectivity index (χ1) is 15.2. The van der Waals surface area contributed by atoms with Crippen LogP contribution in [0.25, 0.3) is 16.9 Å². The molecule has 0 amide bonds. The number of methoxy groups -OCH3 is 1. The van der Waals surface area contributed by atoms with E-state index in [0.717, 1.165) is 55.0 Å². The standard InChI is InChI=1S/C23H30N6O2/c1-16-10-19(13-25-23(16)30-2)29-21-6-9-31-8-5-20(21)22(27-29)18-12-26-28(15-18)14-17-4-3-7-24-11-17/h10,12-13,15,17,24H,3-9,11,14H2,1-2H3. The molecule has 1 atom stereocenters. The van der Waals surface area contributed by atoms with Crippen molar-refractivity contribution in [1.82, 2.24) is 29.9 Å². The van der Waals surface area contributed by atoms with Gasteiger partial charge in [-0.05, 0) is 51.3 Å². The fraction of sp³-hybridized carbons (Fsp3) is 0.522. The molecule has 2 aliphatic heterocycles. The predicted octanol–water partition coefficient (Wildman–Crippen LogP) is 2.56. The normalized spacial score (nSPS) is 19.1. The summed E-state index contributed by atoms with van der Waals surface area (Å²) in [6, 6.07) is 2.08. The number of nitrogens with zero attached hydrogens (tertiary/aromatic N) is 5. The monoisotopic (exact) mass is 422 g/mol. The number of hydrogen-bond donors (Lipinski definition) is 1. The van der Waals surface area contributed by atoms with Crippen LogP contribution in [0.5, 0.6) is 5.88 Å². The van der Waals surface area contributed by atoms with Gasteiger partial charge in [-0.2, -0.15) is 10.2 Å². The maximum absolute atomic E-state index is 5.78. The molecule has 3 aromatic heterocycles. The van der Waals surface area contributed by atoms with E-state index in [1.165, 1.54) is 24.1 Å². The van der Waals surface area contributed by atoms with Crippen molar-refractivity contribution in [1.29, 1.82) is 0 Å². The summed E-state index contributed by atoms with van der Waals surface area (Å²) < 4.78 is 15.2. The zero-order chi connectivity index (χ0) is 21.2. The Balaban J connectivity index is 1.50. The van der Waals surface area contributed by atoms with Crippen molar-refractivity contribution in [2.24, 2.45) is 5.92 Å². The minimum atomic E-state index is 0.637. The SMILES string of the molecule is COc1ncc(-n2nc(-c3cnn(CC4CCCNC4)c3)c3c2CCOCC3)cc1C. The first-order valence-corrected chi connectivity index (χ1v) is 11.2. The van der Waals surface area contributed by atoms with Crippen molar-refractivity contribution < 1.29 is 9.47 Å². The van der Waals surface area contributed by atoms with Gasteiger partial charge in [-0.15, -0.1) is 0 Å². The highest BCUT2D eigenvalue weighted by atomic mass is 16.5. The van der Waals surface area contributed by atoms with Gasteiger partial charge in [0.25, 0.3) is 0 Å². The summed E-state index contributed by atoms with van der Waals surface area (Å²) in [5, 5.41) is 13.2. The molecule has 1 unspecified atom stereocenters. The second kappa shape index (κ2) is 8.80. The van der Waals surface area contributed by atoms with Crippen LogP contribution in [-0.4, -0.2) is 58.0 Å². The summed E-state index contributed by atoms with van der Waals surface area (Å²) in [4.78, 5) is 4.46. The van der Waals surface area contributed by atoms with E-state index in [1.54, 1.807) is 7.11 Å². The predicted molar refractivity (Wildman–Crippen MR) is 118 cm³/mol. The molecule has 5 heterocycles. The average Bonchev–Trinajstić information content (AvgIpc) is 3.31. The fourth-order valence-electron chi connectivity index (χ4n) is 4.70. The van der Waals surface area contributed by atoms with Crippen molar-refractivity contribution in [2.75, 3.05) is 33.4 Å². The molecular weight excluding hydrogens is 392 g/mol. The molecule has 0 aliphatic carbocycles. The lowest BCUT2D eigenvalue weighted by Crippen LogP contribution is -2.32. The van der Waals surface area contributed by atoms with Gasteiger partial charge in [0.2, 0.25) is 5.88 Å². The molecule has 3 aromatic rings. The number of ether oxygens (including phenoxy) is 2. The Bertz CT molecular complexity index is 1050. The zero-order valence-electron chi connectivity index (χ0n) is 18.3. The molecule has 8 heteroatoms. The average molecular weight is 423 g/mol. The van der Waals surface area contributed by atoms with Crippen molar-refractivity contribution >= 4 is 0 Å². The Morgan fingerprint density at radius 3 is 2.97 bits per heavy atom. The molecule has 0 radical (unpaired) electrons. The van der Waals surface area contributed by atoms with Crippen LogP contribution in [0.1, 0.15) is 29.7 Å². The first-order valence-electron chi connectivity index (χ1n) is 11.2. The van der Waals surface area contributed by atoms with E-state index >= 15 is 0 Å². The maximum atomic E-state index is 5.78. The summed E-state index contributed by atoms with van der Waals surface area (Å²) in [6.45, 7) is 6.57. The number of pyridine rings is 1. The van der Waals surface area contributed by atoms with Gasteiger partial charge in [-0.3, -0.25) is 4.68 Å². The van der Waals surface area contributed by atoms with E-state index in [2.05, 4.69) is 32.3 Å². The number of hydrogen-bond acceptors (Lipinski definition) is 6. The highest BCUT2D eigenvalue weighted by molar-refractivity contribution is 5.64. The lowest BCUT2D eigenvalue weighted by atomic mass is 10.00. The molecule has 0 saturated carbocycles. The van der Waals surface area contributed by atoms with E-state index in [1.807, 2.05) is 24.0 Å². The van der Waals surface area contributed by atoms with Crippen LogP contribution in [-0.2, 0) is 24.1 Å². The van der Waals surface area contributed by atoms with Crippen molar-refractivity contribution in [3.63, 3.8) is 0 Å². The van der Waals surface area contributed by atoms with Gasteiger partial charge in [-0.1, -0.05) is 0 Å². The number of fused-ring (bicyclic) bond motifs is 1. The van der Waals surface area contributed by atoms with Gasteiger partial charge in [0.15, 0.2) is 0 Å². The Labute approximate surface area is 182 Å². The number of nitrogens with one attached hydrogen (secondary N) is 1. The number of aryl methyl sites for hydroxylation is 1. The summed E-state index contributed by atoms with van der Waals surface area (Å²) in [7, 11) is 1.64. The third kappa shape index (κ3) is 4.09. The first kappa shape index (κ1) is 20.2. The van der Waals surface area contributed by atoms with Gasteiger partial charge in [0, 0.05) is 35.9 Å². The highest BCUT2D eigenvalue weighted by Gasteiger charge is 2.23. The Morgan fingerprint density at radius 1 is 1.26 bits per heavy atom. The van der Waals surface area contributed by atoms with E-state index in [4.69, 9.17) is 14.6 Å². The lowest BCUT2D eigenvalue weighted by Gasteiger charge is -2.22. The molecule has 164 valence electrons. The van der Waals surface area contributed by atoms with Crippen LogP contribution >= 0.6 is 0 Å².